The minimum Gasteiger partial charge on any atom is -0.220 e. The van der Waals surface area contributed by atoms with E-state index in [2.05, 4.69) is 41.1 Å². The SMILES string of the molecule is Br.S=NCCCc1ccccc1. The molecule has 0 atom stereocenters. The van der Waals surface area contributed by atoms with Gasteiger partial charge in [0.25, 0.3) is 0 Å². The summed E-state index contributed by atoms with van der Waals surface area (Å²) < 4.78 is 3.63. The Morgan fingerprint density at radius 1 is 1.17 bits per heavy atom. The summed E-state index contributed by atoms with van der Waals surface area (Å²) in [5.74, 6) is 0. The van der Waals surface area contributed by atoms with Crippen molar-refractivity contribution in [3.05, 3.63) is 35.9 Å². The molecule has 3 heteroatoms. The molecular weight excluding hydrogens is 234 g/mol. The van der Waals surface area contributed by atoms with Crippen LogP contribution >= 0.6 is 17.0 Å². The average molecular weight is 246 g/mol. The first-order valence-electron chi connectivity index (χ1n) is 3.76. The second-order valence-corrected chi connectivity index (χ2v) is 2.70. The van der Waals surface area contributed by atoms with Crippen LogP contribution in [0, 0.1) is 0 Å². The molecule has 0 amide bonds. The van der Waals surface area contributed by atoms with Gasteiger partial charge in [-0.25, -0.2) is 4.36 Å². The third-order valence-corrected chi connectivity index (χ3v) is 1.74. The van der Waals surface area contributed by atoms with Crippen molar-refractivity contribution in [1.29, 1.82) is 0 Å². The van der Waals surface area contributed by atoms with Gasteiger partial charge in [-0.3, -0.25) is 0 Å². The van der Waals surface area contributed by atoms with Crippen molar-refractivity contribution in [2.24, 2.45) is 4.36 Å². The monoisotopic (exact) mass is 245 g/mol. The van der Waals surface area contributed by atoms with Crippen molar-refractivity contribution in [3.8, 4) is 0 Å². The summed E-state index contributed by atoms with van der Waals surface area (Å²) in [5.41, 5.74) is 1.37. The van der Waals surface area contributed by atoms with Gasteiger partial charge < -0.3 is 0 Å². The van der Waals surface area contributed by atoms with Crippen LogP contribution in [-0.4, -0.2) is 6.54 Å². The van der Waals surface area contributed by atoms with Gasteiger partial charge in [-0.2, -0.15) is 0 Å². The molecule has 0 saturated carbocycles. The number of benzene rings is 1. The lowest BCUT2D eigenvalue weighted by Gasteiger charge is -1.96. The van der Waals surface area contributed by atoms with Gasteiger partial charge in [-0.05, 0) is 18.4 Å². The second-order valence-electron chi connectivity index (χ2n) is 2.44. The van der Waals surface area contributed by atoms with E-state index in [0.717, 1.165) is 19.4 Å². The van der Waals surface area contributed by atoms with Crippen LogP contribution in [0.4, 0.5) is 0 Å². The topological polar surface area (TPSA) is 12.4 Å². The number of hydrogen-bond acceptors (Lipinski definition) is 2. The molecule has 0 fully saturated rings. The van der Waals surface area contributed by atoms with Crippen LogP contribution in [0.5, 0.6) is 0 Å². The fourth-order valence-electron chi connectivity index (χ4n) is 0.992. The summed E-state index contributed by atoms with van der Waals surface area (Å²) in [6.07, 6.45) is 2.15. The third kappa shape index (κ3) is 4.57. The minimum absolute atomic E-state index is 0. The minimum atomic E-state index is 0. The van der Waals surface area contributed by atoms with Crippen LogP contribution < -0.4 is 0 Å². The number of hydrogen-bond donors (Lipinski definition) is 0. The molecule has 0 aliphatic heterocycles. The highest BCUT2D eigenvalue weighted by molar-refractivity contribution is 8.93. The molecule has 1 aromatic carbocycles. The fraction of sp³-hybridized carbons (Fsp3) is 0.333. The predicted octanol–water partition coefficient (Wildman–Crippen LogP) is 2.93. The Hall–Kier alpha value is -0.280. The Labute approximate surface area is 89.1 Å². The van der Waals surface area contributed by atoms with E-state index in [1.54, 1.807) is 0 Å². The maximum Gasteiger partial charge on any atom is 0.0524 e. The quantitative estimate of drug-likeness (QED) is 0.744. The Morgan fingerprint density at radius 2 is 1.83 bits per heavy atom. The standard InChI is InChI=1S/C9H11NS.BrH/c11-10-8-4-7-9-5-2-1-3-6-9;/h1-3,5-6H,4,7-8H2;1H. The van der Waals surface area contributed by atoms with Gasteiger partial charge in [-0.1, -0.05) is 30.3 Å². The molecule has 0 N–H and O–H groups in total. The third-order valence-electron chi connectivity index (χ3n) is 1.56. The molecule has 0 aliphatic carbocycles. The zero-order chi connectivity index (χ0) is 7.94. The second kappa shape index (κ2) is 7.37. The van der Waals surface area contributed by atoms with Crippen LogP contribution in [0.3, 0.4) is 0 Å². The molecule has 0 aromatic heterocycles. The van der Waals surface area contributed by atoms with Gasteiger partial charge in [0, 0.05) is 12.4 Å². The molecular formula is C9H12BrNS. The van der Waals surface area contributed by atoms with E-state index >= 15 is 0 Å². The van der Waals surface area contributed by atoms with Gasteiger partial charge in [0.15, 0.2) is 0 Å². The molecule has 0 bridgehead atoms. The molecule has 1 rings (SSSR count). The van der Waals surface area contributed by atoms with E-state index in [1.807, 2.05) is 6.07 Å². The molecule has 0 saturated heterocycles. The largest absolute Gasteiger partial charge is 0.220 e. The molecule has 12 heavy (non-hydrogen) atoms. The molecule has 0 aliphatic rings. The van der Waals surface area contributed by atoms with E-state index in [4.69, 9.17) is 0 Å². The van der Waals surface area contributed by atoms with Crippen molar-refractivity contribution >= 4 is 29.4 Å². The summed E-state index contributed by atoms with van der Waals surface area (Å²) in [5, 5.41) is 0. The zero-order valence-electron chi connectivity index (χ0n) is 6.77. The maximum atomic E-state index is 4.49. The fourth-order valence-corrected chi connectivity index (χ4v) is 1.12. The van der Waals surface area contributed by atoms with Crippen LogP contribution in [0.2, 0.25) is 0 Å². The summed E-state index contributed by atoms with van der Waals surface area (Å²) in [7, 11) is 0. The van der Waals surface area contributed by atoms with Crippen molar-refractivity contribution in [2.75, 3.05) is 6.54 Å². The number of rotatable bonds is 4. The first-order valence-corrected chi connectivity index (χ1v) is 4.13. The first kappa shape index (κ1) is 11.7. The van der Waals surface area contributed by atoms with Crippen LogP contribution in [-0.2, 0) is 18.8 Å². The van der Waals surface area contributed by atoms with E-state index < -0.39 is 0 Å². The van der Waals surface area contributed by atoms with Crippen molar-refractivity contribution in [2.45, 2.75) is 12.8 Å². The molecule has 0 heterocycles. The molecule has 0 radical (unpaired) electrons. The van der Waals surface area contributed by atoms with Gasteiger partial charge in [0.2, 0.25) is 0 Å². The van der Waals surface area contributed by atoms with Gasteiger partial charge in [0.1, 0.15) is 0 Å². The van der Waals surface area contributed by atoms with Gasteiger partial charge >= 0.3 is 0 Å². The summed E-state index contributed by atoms with van der Waals surface area (Å²) in [6.45, 7) is 0.796. The highest BCUT2D eigenvalue weighted by atomic mass is 79.9. The Kier molecular flexibility index (Phi) is 7.20. The Balaban J connectivity index is 0.00000121. The molecule has 1 aromatic rings. The van der Waals surface area contributed by atoms with Crippen molar-refractivity contribution in [3.63, 3.8) is 0 Å². The number of aryl methyl sites for hydroxylation is 1. The van der Waals surface area contributed by atoms with E-state index in [1.165, 1.54) is 5.56 Å². The van der Waals surface area contributed by atoms with Gasteiger partial charge in [-0.15, -0.1) is 17.0 Å². The molecule has 0 spiro atoms. The predicted molar refractivity (Wildman–Crippen MR) is 59.7 cm³/mol. The average Bonchev–Trinajstić information content (AvgIpc) is 2.07. The summed E-state index contributed by atoms with van der Waals surface area (Å²) >= 11 is 4.49. The van der Waals surface area contributed by atoms with Crippen LogP contribution in [0.15, 0.2) is 34.7 Å². The Bertz CT molecular complexity index is 213. The van der Waals surface area contributed by atoms with Crippen molar-refractivity contribution in [1.82, 2.24) is 0 Å². The maximum absolute atomic E-state index is 4.49. The molecule has 0 unspecified atom stereocenters. The highest BCUT2D eigenvalue weighted by Crippen LogP contribution is 2.01. The first-order chi connectivity index (χ1) is 5.43. The molecule has 66 valence electrons. The zero-order valence-corrected chi connectivity index (χ0v) is 9.30. The normalized spacial score (nSPS) is 8.67. The smallest absolute Gasteiger partial charge is 0.0524 e. The van der Waals surface area contributed by atoms with E-state index in [9.17, 15) is 0 Å². The Morgan fingerprint density at radius 3 is 2.42 bits per heavy atom. The lowest BCUT2D eigenvalue weighted by molar-refractivity contribution is 0.842. The summed E-state index contributed by atoms with van der Waals surface area (Å²) in [6, 6.07) is 10.4. The number of halogens is 1. The summed E-state index contributed by atoms with van der Waals surface area (Å²) in [4.78, 5) is 0. The lowest BCUT2D eigenvalue weighted by atomic mass is 10.1. The van der Waals surface area contributed by atoms with Crippen molar-refractivity contribution < 1.29 is 0 Å². The lowest BCUT2D eigenvalue weighted by Crippen LogP contribution is -1.86. The van der Waals surface area contributed by atoms with Crippen LogP contribution in [0.25, 0.3) is 0 Å². The van der Waals surface area contributed by atoms with E-state index in [0.29, 0.717) is 0 Å². The number of nitrogens with zero attached hydrogens (tertiary/aromatic N) is 1. The van der Waals surface area contributed by atoms with E-state index in [-0.39, 0.29) is 17.0 Å². The molecule has 1 nitrogen and oxygen atoms in total. The van der Waals surface area contributed by atoms with Crippen LogP contribution in [0.1, 0.15) is 12.0 Å². The van der Waals surface area contributed by atoms with Gasteiger partial charge in [0.05, 0.1) is 6.54 Å². The highest BCUT2D eigenvalue weighted by Gasteiger charge is 1.89.